The fourth-order valence-electron chi connectivity index (χ4n) is 6.96. The van der Waals surface area contributed by atoms with Crippen molar-refractivity contribution in [1.82, 2.24) is 20.0 Å². The van der Waals surface area contributed by atoms with Crippen molar-refractivity contribution in [2.45, 2.75) is 235 Å². The van der Waals surface area contributed by atoms with E-state index in [1.807, 2.05) is 0 Å². The number of amides is 1. The molecule has 0 saturated heterocycles. The van der Waals surface area contributed by atoms with Crippen LogP contribution in [0.15, 0.2) is 0 Å². The smallest absolute Gasteiger partial charge is 0.344 e. The van der Waals surface area contributed by atoms with E-state index in [2.05, 4.69) is 5.32 Å². The molecule has 0 spiro atoms. The number of nitrogens with zero attached hydrogens (tertiary/aromatic N) is 3. The lowest BCUT2D eigenvalue weighted by Gasteiger charge is -2.32. The van der Waals surface area contributed by atoms with Crippen LogP contribution in [0.3, 0.4) is 0 Å². The van der Waals surface area contributed by atoms with Crippen LogP contribution in [0.2, 0.25) is 0 Å². The molecule has 0 aliphatic heterocycles. The van der Waals surface area contributed by atoms with E-state index in [1.54, 1.807) is 155 Å². The van der Waals surface area contributed by atoms with Crippen LogP contribution in [0.4, 0.5) is 0 Å². The minimum Gasteiger partial charge on any atom is -0.459 e. The Bertz CT molecular complexity index is 1800. The molecule has 75 heavy (non-hydrogen) atoms. The monoisotopic (exact) mass is 1070 g/mol. The molecule has 2 atom stereocenters. The van der Waals surface area contributed by atoms with Gasteiger partial charge in [-0.05, 0) is 191 Å². The second-order valence-electron chi connectivity index (χ2n) is 25.6. The Morgan fingerprint density at radius 1 is 0.360 bits per heavy atom. The van der Waals surface area contributed by atoms with Crippen molar-refractivity contribution in [3.05, 3.63) is 0 Å². The van der Waals surface area contributed by atoms with E-state index in [9.17, 15) is 43.2 Å². The average molecular weight is 1070 g/mol. The molecule has 0 aliphatic rings. The van der Waals surface area contributed by atoms with Gasteiger partial charge in [-0.2, -0.15) is 0 Å². The van der Waals surface area contributed by atoms with E-state index in [4.69, 9.17) is 37.9 Å². The van der Waals surface area contributed by atoms with E-state index in [-0.39, 0.29) is 77.8 Å². The Morgan fingerprint density at radius 3 is 0.920 bits per heavy atom. The number of carbonyl (C=O) groups is 9. The first-order chi connectivity index (χ1) is 33.7. The summed E-state index contributed by atoms with van der Waals surface area (Å²) >= 11 is 0. The van der Waals surface area contributed by atoms with Crippen LogP contribution < -0.4 is 5.32 Å². The van der Waals surface area contributed by atoms with Gasteiger partial charge in [0.15, 0.2) is 6.61 Å². The predicted octanol–water partition coefficient (Wildman–Crippen LogP) is 6.02. The molecular weight excluding hydrogens is 977 g/mol. The summed E-state index contributed by atoms with van der Waals surface area (Å²) in [5.41, 5.74) is -5.99. The molecule has 0 aromatic carbocycles. The number of hydrogen-bond acceptors (Lipinski definition) is 20. The van der Waals surface area contributed by atoms with Crippen LogP contribution in [-0.2, 0) is 81.0 Å². The molecule has 0 aromatic rings. The minimum atomic E-state index is -1.41. The second kappa shape index (κ2) is 30.2. The highest BCUT2D eigenvalue weighted by atomic mass is 16.6. The third-order valence-corrected chi connectivity index (χ3v) is 9.11. The first-order valence-electron chi connectivity index (χ1n) is 25.9. The fraction of sp³-hybridized carbons (Fsp3) is 0.833. The molecule has 0 unspecified atom stereocenters. The van der Waals surface area contributed by atoms with Crippen LogP contribution in [-0.4, -0.2) is 179 Å². The Morgan fingerprint density at radius 2 is 0.627 bits per heavy atom. The number of nitrogens with one attached hydrogen (secondary N) is 1. The molecule has 0 aromatic heterocycles. The van der Waals surface area contributed by atoms with Gasteiger partial charge in [0.2, 0.25) is 5.91 Å². The first-order valence-corrected chi connectivity index (χ1v) is 25.9. The van der Waals surface area contributed by atoms with E-state index >= 15 is 0 Å². The van der Waals surface area contributed by atoms with Gasteiger partial charge in [0.25, 0.3) is 0 Å². The molecule has 1 amide bonds. The first kappa shape index (κ1) is 70.1. The molecule has 434 valence electrons. The van der Waals surface area contributed by atoms with Crippen LogP contribution in [0.1, 0.15) is 184 Å². The summed E-state index contributed by atoms with van der Waals surface area (Å²) in [6.45, 7) is 32.9. The number of carbonyl (C=O) groups excluding carboxylic acids is 9. The summed E-state index contributed by atoms with van der Waals surface area (Å²) < 4.78 is 44.1. The molecule has 21 nitrogen and oxygen atoms in total. The van der Waals surface area contributed by atoms with Gasteiger partial charge in [-0.1, -0.05) is 6.42 Å². The highest BCUT2D eigenvalue weighted by Gasteiger charge is 2.35. The van der Waals surface area contributed by atoms with Crippen molar-refractivity contribution < 1.29 is 81.0 Å². The van der Waals surface area contributed by atoms with E-state index in [0.717, 1.165) is 0 Å². The summed E-state index contributed by atoms with van der Waals surface area (Å²) in [5.74, 6) is -6.45. The maximum atomic E-state index is 14.9. The van der Waals surface area contributed by atoms with Gasteiger partial charge < -0.3 is 43.2 Å². The zero-order valence-electron chi connectivity index (χ0n) is 49.5. The quantitative estimate of drug-likeness (QED) is 0.0534. The van der Waals surface area contributed by atoms with Gasteiger partial charge in [0.1, 0.15) is 45.2 Å². The molecule has 0 fully saturated rings. The van der Waals surface area contributed by atoms with Crippen LogP contribution in [0.5, 0.6) is 0 Å². The summed E-state index contributed by atoms with van der Waals surface area (Å²) in [7, 11) is 0. The van der Waals surface area contributed by atoms with E-state index in [1.165, 1.54) is 4.90 Å². The molecule has 0 bridgehead atoms. The Balaban J connectivity index is 7.23. The molecule has 0 saturated carbocycles. The number of esters is 8. The van der Waals surface area contributed by atoms with Crippen molar-refractivity contribution in [3.8, 4) is 0 Å². The minimum absolute atomic E-state index is 0.0336. The summed E-state index contributed by atoms with van der Waals surface area (Å²) in [5, 5.41) is 2.76. The van der Waals surface area contributed by atoms with Gasteiger partial charge in [0.05, 0.1) is 45.3 Å². The largest absolute Gasteiger partial charge is 0.459 e. The zero-order chi connectivity index (χ0) is 58.6. The van der Waals surface area contributed by atoms with E-state index < -0.39 is 125 Å². The lowest BCUT2D eigenvalue weighted by molar-refractivity contribution is -0.167. The third kappa shape index (κ3) is 39.2. The maximum Gasteiger partial charge on any atom is 0.344 e. The van der Waals surface area contributed by atoms with Crippen molar-refractivity contribution in [1.29, 1.82) is 0 Å². The number of ether oxygens (including phenoxy) is 8. The Labute approximate surface area is 447 Å². The lowest BCUT2D eigenvalue weighted by Crippen LogP contribution is -2.55. The van der Waals surface area contributed by atoms with E-state index in [0.29, 0.717) is 0 Å². The highest BCUT2D eigenvalue weighted by molar-refractivity contribution is 5.89. The molecule has 0 aliphatic carbocycles. The van der Waals surface area contributed by atoms with Crippen LogP contribution in [0.25, 0.3) is 0 Å². The zero-order valence-corrected chi connectivity index (χ0v) is 49.5. The normalized spacial score (nSPS) is 13.6. The molecule has 21 heteroatoms. The number of rotatable bonds is 28. The maximum absolute atomic E-state index is 14.9. The molecule has 0 heterocycles. The van der Waals surface area contributed by atoms with Gasteiger partial charge in [-0.15, -0.1) is 0 Å². The average Bonchev–Trinajstić information content (AvgIpc) is 3.12. The van der Waals surface area contributed by atoms with Gasteiger partial charge in [-0.25, -0.2) is 9.59 Å². The predicted molar refractivity (Wildman–Crippen MR) is 280 cm³/mol. The third-order valence-electron chi connectivity index (χ3n) is 9.11. The molecule has 0 radical (unpaired) electrons. The summed E-state index contributed by atoms with van der Waals surface area (Å²) in [4.78, 5) is 125. The Kier molecular flexibility index (Phi) is 28.2. The standard InChI is InChI=1S/C54H96N4O17/c1-48(2,3)69-39(59)30-56(31-40(60)70-49(4,5)6)28-24-22-26-37(47(67)68-36-45(65)75-54(19,20)21)55-46(66)38(58(34-43(63)73-52(13,14)15)35-44(64)74-53(16,17)18)27-23-25-29-57(32-41(61)71-50(7,8)9)33-42(62)72-51(10,11)12/h37-38H,22-36H2,1-21H3,(H,55,66)/t37-,38-/m0/s1. The van der Waals surface area contributed by atoms with Gasteiger partial charge in [-0.3, -0.25) is 48.3 Å². The van der Waals surface area contributed by atoms with Crippen molar-refractivity contribution >= 4 is 53.7 Å². The highest BCUT2D eigenvalue weighted by Crippen LogP contribution is 2.19. The molecule has 1 N–H and O–H groups in total. The fourth-order valence-corrected chi connectivity index (χ4v) is 6.96. The lowest BCUT2D eigenvalue weighted by atomic mass is 10.0. The SMILES string of the molecule is CC(C)(C)OC(=O)COC(=O)[C@H](CCCCN(CC(=O)OC(C)(C)C)CC(=O)OC(C)(C)C)NC(=O)[C@H](CCCCN(CC(=O)OC(C)(C)C)CC(=O)OC(C)(C)C)N(CC(=O)OC(C)(C)C)CC(=O)OC(C)(C)C. The Hall–Kier alpha value is -4.89. The molecular formula is C54H96N4O17. The summed E-state index contributed by atoms with van der Waals surface area (Å²) in [6, 6.07) is -2.72. The van der Waals surface area contributed by atoms with Gasteiger partial charge in [0, 0.05) is 0 Å². The van der Waals surface area contributed by atoms with Crippen molar-refractivity contribution in [2.24, 2.45) is 0 Å². The summed E-state index contributed by atoms with van der Waals surface area (Å²) in [6.07, 6.45) is 0.894. The van der Waals surface area contributed by atoms with Crippen molar-refractivity contribution in [2.75, 3.05) is 59.0 Å². The number of unbranched alkanes of at least 4 members (excludes halogenated alkanes) is 2. The number of hydrogen-bond donors (Lipinski definition) is 1. The van der Waals surface area contributed by atoms with Crippen LogP contribution in [0, 0.1) is 0 Å². The topological polar surface area (TPSA) is 249 Å². The van der Waals surface area contributed by atoms with Crippen molar-refractivity contribution in [3.63, 3.8) is 0 Å². The van der Waals surface area contributed by atoms with Gasteiger partial charge >= 0.3 is 47.8 Å². The second-order valence-corrected chi connectivity index (χ2v) is 25.6. The molecule has 0 rings (SSSR count). The van der Waals surface area contributed by atoms with Crippen LogP contribution >= 0.6 is 0 Å².